The predicted octanol–water partition coefficient (Wildman–Crippen LogP) is 6.31. The molecule has 0 bridgehead atoms. The van der Waals surface area contributed by atoms with Crippen molar-refractivity contribution in [3.8, 4) is 11.1 Å². The maximum Gasteiger partial charge on any atom is 0.193 e. The smallest absolute Gasteiger partial charge is 0.193 e. The van der Waals surface area contributed by atoms with Crippen LogP contribution < -0.4 is 0 Å². The van der Waals surface area contributed by atoms with Crippen molar-refractivity contribution < 1.29 is 4.79 Å². The summed E-state index contributed by atoms with van der Waals surface area (Å²) in [5.74, 6) is 0.114. The highest BCUT2D eigenvalue weighted by molar-refractivity contribution is 6.10. The molecule has 0 fully saturated rings. The third-order valence-electron chi connectivity index (χ3n) is 6.13. The Labute approximate surface area is 155 Å². The molecule has 4 rings (SSSR count). The average Bonchev–Trinajstić information content (AvgIpc) is 2.97. The number of benzene rings is 3. The first kappa shape index (κ1) is 16.8. The molecule has 3 aromatic carbocycles. The lowest BCUT2D eigenvalue weighted by Crippen LogP contribution is -2.23. The number of ketones is 1. The van der Waals surface area contributed by atoms with Gasteiger partial charge in [0.2, 0.25) is 0 Å². The molecule has 0 N–H and O–H groups in total. The van der Waals surface area contributed by atoms with E-state index in [9.17, 15) is 4.79 Å². The average molecular weight is 340 g/mol. The van der Waals surface area contributed by atoms with Crippen LogP contribution in [-0.4, -0.2) is 5.78 Å². The standard InChI is InChI=1S/C25H24O/c1-4-25(5-2)22-13-9-8-12-20(22)21-15-14-18(16-23(21)25)24(26)19-11-7-6-10-17(19)3/h6-16H,4-5H2,1-3H3. The Morgan fingerprint density at radius 2 is 1.46 bits per heavy atom. The summed E-state index contributed by atoms with van der Waals surface area (Å²) in [5.41, 5.74) is 7.93. The summed E-state index contributed by atoms with van der Waals surface area (Å²) in [6.07, 6.45) is 2.07. The van der Waals surface area contributed by atoms with Crippen molar-refractivity contribution in [2.45, 2.75) is 39.0 Å². The molecule has 0 amide bonds. The van der Waals surface area contributed by atoms with E-state index in [1.807, 2.05) is 37.3 Å². The van der Waals surface area contributed by atoms with Gasteiger partial charge in [-0.2, -0.15) is 0 Å². The SMILES string of the molecule is CCC1(CC)c2ccccc2-c2ccc(C(=O)c3ccccc3C)cc21. The molecule has 0 saturated carbocycles. The lowest BCUT2D eigenvalue weighted by Gasteiger charge is -2.29. The van der Waals surface area contributed by atoms with E-state index in [1.165, 1.54) is 22.3 Å². The Morgan fingerprint density at radius 1 is 0.808 bits per heavy atom. The van der Waals surface area contributed by atoms with Crippen LogP contribution >= 0.6 is 0 Å². The van der Waals surface area contributed by atoms with Crippen molar-refractivity contribution >= 4 is 5.78 Å². The molecule has 0 spiro atoms. The van der Waals surface area contributed by atoms with Crippen molar-refractivity contribution in [2.75, 3.05) is 0 Å². The van der Waals surface area contributed by atoms with Crippen LogP contribution in [0.25, 0.3) is 11.1 Å². The van der Waals surface area contributed by atoms with Crippen LogP contribution in [0.5, 0.6) is 0 Å². The predicted molar refractivity (Wildman–Crippen MR) is 108 cm³/mol. The van der Waals surface area contributed by atoms with Crippen LogP contribution in [0.15, 0.2) is 66.7 Å². The van der Waals surface area contributed by atoms with Crippen molar-refractivity contribution in [2.24, 2.45) is 0 Å². The first-order valence-corrected chi connectivity index (χ1v) is 9.47. The second-order valence-electron chi connectivity index (χ2n) is 7.24. The Hall–Kier alpha value is -2.67. The molecule has 3 aromatic rings. The van der Waals surface area contributed by atoms with Gasteiger partial charge in [0.05, 0.1) is 0 Å². The second-order valence-corrected chi connectivity index (χ2v) is 7.24. The number of fused-ring (bicyclic) bond motifs is 3. The fourth-order valence-electron chi connectivity index (χ4n) is 4.59. The van der Waals surface area contributed by atoms with Gasteiger partial charge in [-0.15, -0.1) is 0 Å². The molecule has 1 aliphatic rings. The molecule has 0 heterocycles. The summed E-state index contributed by atoms with van der Waals surface area (Å²) in [6.45, 7) is 6.51. The molecule has 130 valence electrons. The van der Waals surface area contributed by atoms with Crippen molar-refractivity contribution in [1.82, 2.24) is 0 Å². The van der Waals surface area contributed by atoms with E-state index >= 15 is 0 Å². The van der Waals surface area contributed by atoms with E-state index in [0.717, 1.165) is 29.5 Å². The van der Waals surface area contributed by atoms with Crippen molar-refractivity contribution in [3.05, 3.63) is 94.5 Å². The topological polar surface area (TPSA) is 17.1 Å². The van der Waals surface area contributed by atoms with Crippen LogP contribution in [0.4, 0.5) is 0 Å². The molecule has 0 saturated heterocycles. The number of aryl methyl sites for hydroxylation is 1. The minimum atomic E-state index is 0.00789. The number of carbonyl (C=O) groups excluding carboxylic acids is 1. The molecule has 1 aliphatic carbocycles. The summed E-state index contributed by atoms with van der Waals surface area (Å²) in [4.78, 5) is 13.1. The summed E-state index contributed by atoms with van der Waals surface area (Å²) in [7, 11) is 0. The van der Waals surface area contributed by atoms with Gasteiger partial charge in [0.15, 0.2) is 5.78 Å². The Morgan fingerprint density at radius 3 is 2.19 bits per heavy atom. The lowest BCUT2D eigenvalue weighted by atomic mass is 9.73. The molecule has 1 nitrogen and oxygen atoms in total. The van der Waals surface area contributed by atoms with Crippen LogP contribution in [0.1, 0.15) is 59.3 Å². The molecule has 0 aromatic heterocycles. The first-order valence-electron chi connectivity index (χ1n) is 9.47. The Kier molecular flexibility index (Phi) is 4.03. The molecular weight excluding hydrogens is 316 g/mol. The number of hydrogen-bond donors (Lipinski definition) is 0. The minimum Gasteiger partial charge on any atom is -0.289 e. The van der Waals surface area contributed by atoms with Gasteiger partial charge in [0.1, 0.15) is 0 Å². The summed E-state index contributed by atoms with van der Waals surface area (Å²) < 4.78 is 0. The van der Waals surface area contributed by atoms with Gasteiger partial charge in [0.25, 0.3) is 0 Å². The summed E-state index contributed by atoms with van der Waals surface area (Å²) >= 11 is 0. The largest absolute Gasteiger partial charge is 0.289 e. The van der Waals surface area contributed by atoms with E-state index in [1.54, 1.807) is 0 Å². The number of hydrogen-bond acceptors (Lipinski definition) is 1. The summed E-state index contributed by atoms with van der Waals surface area (Å²) in [6, 6.07) is 22.8. The van der Waals surface area contributed by atoms with Crippen LogP contribution in [0, 0.1) is 6.92 Å². The third kappa shape index (κ3) is 2.27. The first-order chi connectivity index (χ1) is 12.6. The van der Waals surface area contributed by atoms with E-state index < -0.39 is 0 Å². The summed E-state index contributed by atoms with van der Waals surface area (Å²) in [5, 5.41) is 0. The normalized spacial score (nSPS) is 14.0. The highest BCUT2D eigenvalue weighted by atomic mass is 16.1. The Balaban J connectivity index is 1.89. The lowest BCUT2D eigenvalue weighted by molar-refractivity contribution is 0.103. The number of rotatable bonds is 4. The molecule has 0 radical (unpaired) electrons. The van der Waals surface area contributed by atoms with Crippen molar-refractivity contribution in [3.63, 3.8) is 0 Å². The van der Waals surface area contributed by atoms with Gasteiger partial charge < -0.3 is 0 Å². The van der Waals surface area contributed by atoms with Crippen LogP contribution in [0.3, 0.4) is 0 Å². The highest BCUT2D eigenvalue weighted by Gasteiger charge is 2.40. The molecule has 1 heteroatoms. The van der Waals surface area contributed by atoms with Gasteiger partial charge >= 0.3 is 0 Å². The van der Waals surface area contributed by atoms with Gasteiger partial charge in [-0.05, 0) is 53.6 Å². The fraction of sp³-hybridized carbons (Fsp3) is 0.240. The fourth-order valence-corrected chi connectivity index (χ4v) is 4.59. The highest BCUT2D eigenvalue weighted by Crippen LogP contribution is 2.52. The van der Waals surface area contributed by atoms with Crippen molar-refractivity contribution in [1.29, 1.82) is 0 Å². The van der Waals surface area contributed by atoms with Gasteiger partial charge in [0, 0.05) is 16.5 Å². The van der Waals surface area contributed by atoms with Gasteiger partial charge in [-0.1, -0.05) is 74.5 Å². The zero-order valence-electron chi connectivity index (χ0n) is 15.7. The zero-order valence-corrected chi connectivity index (χ0v) is 15.7. The van der Waals surface area contributed by atoms with Gasteiger partial charge in [-0.25, -0.2) is 0 Å². The molecular formula is C25H24O. The zero-order chi connectivity index (χ0) is 18.3. The maximum atomic E-state index is 13.1. The van der Waals surface area contributed by atoms with Gasteiger partial charge in [-0.3, -0.25) is 4.79 Å². The quantitative estimate of drug-likeness (QED) is 0.508. The monoisotopic (exact) mass is 340 g/mol. The van der Waals surface area contributed by atoms with E-state index in [2.05, 4.69) is 50.2 Å². The van der Waals surface area contributed by atoms with E-state index in [4.69, 9.17) is 0 Å². The molecule has 0 unspecified atom stereocenters. The second kappa shape index (κ2) is 6.25. The van der Waals surface area contributed by atoms with E-state index in [0.29, 0.717) is 0 Å². The molecule has 0 atom stereocenters. The molecule has 26 heavy (non-hydrogen) atoms. The number of carbonyl (C=O) groups is 1. The Bertz CT molecular complexity index is 993. The van der Waals surface area contributed by atoms with E-state index in [-0.39, 0.29) is 11.2 Å². The minimum absolute atomic E-state index is 0.00789. The molecule has 0 aliphatic heterocycles. The third-order valence-corrected chi connectivity index (χ3v) is 6.13. The van der Waals surface area contributed by atoms with Crippen LogP contribution in [-0.2, 0) is 5.41 Å². The van der Waals surface area contributed by atoms with Crippen LogP contribution in [0.2, 0.25) is 0 Å². The maximum absolute atomic E-state index is 13.1.